The number of nitrogens with two attached hydrogens (primary N) is 1. The largest absolute Gasteiger partial charge is 0.363 e. The molecule has 1 aliphatic carbocycles. The van der Waals surface area contributed by atoms with E-state index in [1.807, 2.05) is 0 Å². The van der Waals surface area contributed by atoms with E-state index in [2.05, 4.69) is 10.3 Å². The Morgan fingerprint density at radius 3 is 2.63 bits per heavy atom. The number of amides is 1. The van der Waals surface area contributed by atoms with E-state index in [-0.39, 0.29) is 11.4 Å². The first-order valence-corrected chi connectivity index (χ1v) is 6.37. The van der Waals surface area contributed by atoms with Gasteiger partial charge in [0.25, 0.3) is 5.91 Å². The maximum atomic E-state index is 12.8. The van der Waals surface area contributed by atoms with Crippen LogP contribution in [0.25, 0.3) is 0 Å². The topological polar surface area (TPSA) is 77.2 Å². The molecule has 5 nitrogen and oxygen atoms in total. The standard InChI is InChI=1S/C13H16FN3O2/c14-9-1-2-10(16-7-9)17-11(18)13-5-3-12(15,4-6-13)8-19-13/h1-2,7H,3-6,8,15H2,(H,16,17,18). The Bertz CT molecular complexity index is 479. The number of aromatic nitrogens is 1. The molecule has 2 saturated heterocycles. The number of pyridine rings is 1. The molecule has 1 aromatic rings. The maximum Gasteiger partial charge on any atom is 0.257 e. The Hall–Kier alpha value is -1.53. The van der Waals surface area contributed by atoms with Gasteiger partial charge < -0.3 is 15.8 Å². The van der Waals surface area contributed by atoms with Gasteiger partial charge in [0.05, 0.1) is 12.8 Å². The van der Waals surface area contributed by atoms with Gasteiger partial charge in [-0.05, 0) is 37.8 Å². The van der Waals surface area contributed by atoms with Crippen LogP contribution in [-0.2, 0) is 9.53 Å². The first kappa shape index (κ1) is 12.5. The second kappa shape index (κ2) is 4.25. The summed E-state index contributed by atoms with van der Waals surface area (Å²) in [5.74, 6) is -0.316. The summed E-state index contributed by atoms with van der Waals surface area (Å²) in [4.78, 5) is 16.1. The van der Waals surface area contributed by atoms with Gasteiger partial charge in [-0.1, -0.05) is 0 Å². The highest BCUT2D eigenvalue weighted by molar-refractivity contribution is 5.96. The van der Waals surface area contributed by atoms with Gasteiger partial charge in [0.15, 0.2) is 0 Å². The molecular formula is C13H16FN3O2. The molecule has 3 heterocycles. The van der Waals surface area contributed by atoms with Crippen LogP contribution in [0.1, 0.15) is 25.7 Å². The van der Waals surface area contributed by atoms with Crippen molar-refractivity contribution in [3.63, 3.8) is 0 Å². The SMILES string of the molecule is NC12CCC(C(=O)Nc3ccc(F)cn3)(CC1)OC2. The van der Waals surface area contributed by atoms with Crippen LogP contribution in [0.3, 0.4) is 0 Å². The van der Waals surface area contributed by atoms with E-state index in [9.17, 15) is 9.18 Å². The number of carbonyl (C=O) groups is 1. The maximum absolute atomic E-state index is 12.8. The highest BCUT2D eigenvalue weighted by Crippen LogP contribution is 2.42. The fourth-order valence-electron chi connectivity index (χ4n) is 2.69. The van der Waals surface area contributed by atoms with Crippen molar-refractivity contribution in [1.29, 1.82) is 0 Å². The zero-order valence-corrected chi connectivity index (χ0v) is 10.5. The van der Waals surface area contributed by atoms with Crippen molar-refractivity contribution in [2.45, 2.75) is 36.8 Å². The Balaban J connectivity index is 1.72. The van der Waals surface area contributed by atoms with Gasteiger partial charge in [0.2, 0.25) is 0 Å². The molecule has 0 atom stereocenters. The van der Waals surface area contributed by atoms with E-state index >= 15 is 0 Å². The third kappa shape index (κ3) is 2.21. The number of ether oxygens (including phenoxy) is 1. The molecule has 3 fully saturated rings. The first-order chi connectivity index (χ1) is 9.01. The number of carbonyl (C=O) groups excluding carboxylic acids is 1. The number of nitrogens with one attached hydrogen (secondary N) is 1. The zero-order chi connectivity index (χ0) is 13.5. The van der Waals surface area contributed by atoms with Gasteiger partial charge >= 0.3 is 0 Å². The van der Waals surface area contributed by atoms with Gasteiger partial charge in [0.1, 0.15) is 17.2 Å². The number of rotatable bonds is 2. The average molecular weight is 265 g/mol. The Morgan fingerprint density at radius 1 is 1.37 bits per heavy atom. The monoisotopic (exact) mass is 265 g/mol. The average Bonchev–Trinajstić information content (AvgIpc) is 2.42. The summed E-state index contributed by atoms with van der Waals surface area (Å²) in [6, 6.07) is 2.69. The van der Waals surface area contributed by atoms with Crippen molar-refractivity contribution < 1.29 is 13.9 Å². The van der Waals surface area contributed by atoms with Crippen molar-refractivity contribution in [1.82, 2.24) is 4.98 Å². The Kier molecular flexibility index (Phi) is 2.79. The molecule has 0 spiro atoms. The molecule has 1 saturated carbocycles. The molecule has 2 bridgehead atoms. The molecule has 3 aliphatic rings. The number of nitrogens with zero attached hydrogens (tertiary/aromatic N) is 1. The fraction of sp³-hybridized carbons (Fsp3) is 0.538. The molecule has 19 heavy (non-hydrogen) atoms. The van der Waals surface area contributed by atoms with Crippen LogP contribution in [-0.4, -0.2) is 28.6 Å². The van der Waals surface area contributed by atoms with Gasteiger partial charge in [0, 0.05) is 5.54 Å². The van der Waals surface area contributed by atoms with Crippen molar-refractivity contribution in [2.75, 3.05) is 11.9 Å². The lowest BCUT2D eigenvalue weighted by molar-refractivity contribution is -0.171. The van der Waals surface area contributed by atoms with E-state index in [4.69, 9.17) is 10.5 Å². The number of fused-ring (bicyclic) bond motifs is 3. The Morgan fingerprint density at radius 2 is 2.11 bits per heavy atom. The minimum atomic E-state index is -0.794. The molecule has 3 N–H and O–H groups in total. The van der Waals surface area contributed by atoms with E-state index in [1.165, 1.54) is 12.1 Å². The van der Waals surface area contributed by atoms with Crippen molar-refractivity contribution >= 4 is 11.7 Å². The van der Waals surface area contributed by atoms with Crippen LogP contribution in [0, 0.1) is 5.82 Å². The molecule has 6 heteroatoms. The smallest absolute Gasteiger partial charge is 0.257 e. The quantitative estimate of drug-likeness (QED) is 0.842. The second-order valence-corrected chi connectivity index (χ2v) is 5.46. The lowest BCUT2D eigenvalue weighted by Gasteiger charge is -2.50. The zero-order valence-electron chi connectivity index (χ0n) is 10.5. The number of halogens is 1. The van der Waals surface area contributed by atoms with E-state index in [1.54, 1.807) is 0 Å². The minimum Gasteiger partial charge on any atom is -0.363 e. The summed E-state index contributed by atoms with van der Waals surface area (Å²) >= 11 is 0. The Labute approximate surface area is 110 Å². The molecule has 0 unspecified atom stereocenters. The highest BCUT2D eigenvalue weighted by atomic mass is 19.1. The number of hydrogen-bond donors (Lipinski definition) is 2. The summed E-state index contributed by atoms with van der Waals surface area (Å²) in [7, 11) is 0. The van der Waals surface area contributed by atoms with Crippen LogP contribution in [0.4, 0.5) is 10.2 Å². The summed E-state index contributed by atoms with van der Waals surface area (Å²) in [5.41, 5.74) is 5.05. The molecule has 2 aliphatic heterocycles. The summed E-state index contributed by atoms with van der Waals surface area (Å²) in [5, 5.41) is 2.69. The van der Waals surface area contributed by atoms with Gasteiger partial charge in [-0.2, -0.15) is 0 Å². The van der Waals surface area contributed by atoms with Crippen molar-refractivity contribution in [3.05, 3.63) is 24.1 Å². The minimum absolute atomic E-state index is 0.214. The molecule has 1 amide bonds. The van der Waals surface area contributed by atoms with Gasteiger partial charge in [-0.25, -0.2) is 9.37 Å². The summed E-state index contributed by atoms with van der Waals surface area (Å²) in [6.45, 7) is 0.414. The van der Waals surface area contributed by atoms with Crippen LogP contribution < -0.4 is 11.1 Å². The summed E-state index contributed by atoms with van der Waals surface area (Å²) < 4.78 is 18.4. The van der Waals surface area contributed by atoms with E-state index in [0.29, 0.717) is 25.3 Å². The summed E-state index contributed by atoms with van der Waals surface area (Å²) in [6.07, 6.45) is 3.89. The predicted octanol–water partition coefficient (Wildman–Crippen LogP) is 1.20. The van der Waals surface area contributed by atoms with E-state index < -0.39 is 11.4 Å². The normalized spacial score (nSPS) is 33.2. The first-order valence-electron chi connectivity index (χ1n) is 6.37. The predicted molar refractivity (Wildman–Crippen MR) is 66.9 cm³/mol. The molecular weight excluding hydrogens is 249 g/mol. The fourth-order valence-corrected chi connectivity index (χ4v) is 2.69. The van der Waals surface area contributed by atoms with Crippen LogP contribution in [0.5, 0.6) is 0 Å². The lowest BCUT2D eigenvalue weighted by atomic mass is 9.71. The molecule has 102 valence electrons. The molecule has 1 aromatic heterocycles. The number of hydrogen-bond acceptors (Lipinski definition) is 4. The van der Waals surface area contributed by atoms with Crippen LogP contribution >= 0.6 is 0 Å². The van der Waals surface area contributed by atoms with Gasteiger partial charge in [-0.15, -0.1) is 0 Å². The van der Waals surface area contributed by atoms with E-state index in [0.717, 1.165) is 19.0 Å². The van der Waals surface area contributed by atoms with Gasteiger partial charge in [-0.3, -0.25) is 4.79 Å². The molecule has 0 radical (unpaired) electrons. The van der Waals surface area contributed by atoms with Crippen molar-refractivity contribution in [2.24, 2.45) is 5.73 Å². The third-order valence-corrected chi connectivity index (χ3v) is 4.07. The highest BCUT2D eigenvalue weighted by Gasteiger charge is 2.52. The van der Waals surface area contributed by atoms with Crippen LogP contribution in [0.15, 0.2) is 18.3 Å². The lowest BCUT2D eigenvalue weighted by Crippen LogP contribution is -2.63. The number of anilines is 1. The van der Waals surface area contributed by atoms with Crippen molar-refractivity contribution in [3.8, 4) is 0 Å². The second-order valence-electron chi connectivity index (χ2n) is 5.46. The van der Waals surface area contributed by atoms with Crippen LogP contribution in [0.2, 0.25) is 0 Å². The molecule has 0 aromatic carbocycles. The third-order valence-electron chi connectivity index (χ3n) is 4.07. The molecule has 4 rings (SSSR count).